The summed E-state index contributed by atoms with van der Waals surface area (Å²) < 4.78 is 5.30. The van der Waals surface area contributed by atoms with Crippen LogP contribution in [0.5, 0.6) is 5.75 Å². The lowest BCUT2D eigenvalue weighted by Crippen LogP contribution is -2.15. The van der Waals surface area contributed by atoms with Gasteiger partial charge in [0.15, 0.2) is 0 Å². The van der Waals surface area contributed by atoms with Crippen LogP contribution in [0.15, 0.2) is 36.5 Å². The Morgan fingerprint density at radius 2 is 2.04 bits per heavy atom. The number of hydrogen-bond acceptors (Lipinski definition) is 3. The summed E-state index contributed by atoms with van der Waals surface area (Å²) in [7, 11) is 1.65. The third-order valence-corrected chi connectivity index (χ3v) is 3.93. The smallest absolute Gasteiger partial charge is 0.228 e. The number of methoxy groups -OCH3 is 1. The summed E-state index contributed by atoms with van der Waals surface area (Å²) in [4.78, 5) is 12.3. The zero-order valence-corrected chi connectivity index (χ0v) is 13.4. The van der Waals surface area contributed by atoms with Crippen LogP contribution >= 0.6 is 0 Å². The molecular formula is C18H19N3O2. The van der Waals surface area contributed by atoms with E-state index in [0.717, 1.165) is 39.0 Å². The quantitative estimate of drug-likeness (QED) is 0.776. The molecule has 0 aliphatic heterocycles. The molecule has 0 fully saturated rings. The van der Waals surface area contributed by atoms with Crippen LogP contribution in [0.4, 0.5) is 5.69 Å². The molecule has 0 atom stereocenters. The molecule has 0 bridgehead atoms. The highest BCUT2D eigenvalue weighted by Crippen LogP contribution is 2.23. The van der Waals surface area contributed by atoms with Gasteiger partial charge in [-0.25, -0.2) is 0 Å². The van der Waals surface area contributed by atoms with Gasteiger partial charge in [-0.1, -0.05) is 6.07 Å². The van der Waals surface area contributed by atoms with E-state index in [1.807, 2.05) is 44.2 Å². The number of fused-ring (bicyclic) bond motifs is 1. The van der Waals surface area contributed by atoms with Gasteiger partial charge in [-0.05, 0) is 54.8 Å². The maximum absolute atomic E-state index is 12.3. The van der Waals surface area contributed by atoms with Gasteiger partial charge in [0, 0.05) is 11.1 Å². The van der Waals surface area contributed by atoms with Gasteiger partial charge in [0.2, 0.25) is 5.91 Å². The van der Waals surface area contributed by atoms with Crippen LogP contribution in [0.2, 0.25) is 0 Å². The molecule has 5 heteroatoms. The first-order chi connectivity index (χ1) is 11.1. The number of amides is 1. The first kappa shape index (κ1) is 15.1. The number of rotatable bonds is 4. The van der Waals surface area contributed by atoms with E-state index in [2.05, 4.69) is 15.5 Å². The third-order valence-electron chi connectivity index (χ3n) is 3.93. The van der Waals surface area contributed by atoms with Gasteiger partial charge in [-0.3, -0.25) is 9.89 Å². The Morgan fingerprint density at radius 3 is 2.83 bits per heavy atom. The number of aromatic amines is 1. The highest BCUT2D eigenvalue weighted by atomic mass is 16.5. The molecule has 118 valence electrons. The van der Waals surface area contributed by atoms with E-state index >= 15 is 0 Å². The number of anilines is 1. The normalized spacial score (nSPS) is 10.7. The van der Waals surface area contributed by atoms with Crippen molar-refractivity contribution in [3.05, 3.63) is 53.2 Å². The molecule has 0 unspecified atom stereocenters. The average Bonchev–Trinajstić information content (AvgIpc) is 2.98. The zero-order chi connectivity index (χ0) is 16.4. The third kappa shape index (κ3) is 3.18. The van der Waals surface area contributed by atoms with Crippen molar-refractivity contribution in [2.24, 2.45) is 0 Å². The molecule has 1 aromatic heterocycles. The highest BCUT2D eigenvalue weighted by molar-refractivity contribution is 5.94. The van der Waals surface area contributed by atoms with Gasteiger partial charge in [-0.15, -0.1) is 0 Å². The van der Waals surface area contributed by atoms with Crippen molar-refractivity contribution in [1.29, 1.82) is 0 Å². The van der Waals surface area contributed by atoms with Crippen LogP contribution < -0.4 is 10.1 Å². The second-order valence-electron chi connectivity index (χ2n) is 5.65. The summed E-state index contributed by atoms with van der Waals surface area (Å²) in [5.41, 5.74) is 4.74. The molecule has 3 rings (SSSR count). The Kier molecular flexibility index (Phi) is 4.02. The van der Waals surface area contributed by atoms with Gasteiger partial charge >= 0.3 is 0 Å². The summed E-state index contributed by atoms with van der Waals surface area (Å²) in [6.07, 6.45) is 2.09. The Morgan fingerprint density at radius 1 is 1.22 bits per heavy atom. The molecule has 5 nitrogen and oxygen atoms in total. The fraction of sp³-hybridized carbons (Fsp3) is 0.222. The molecule has 1 heterocycles. The Bertz CT molecular complexity index is 868. The van der Waals surface area contributed by atoms with Crippen molar-refractivity contribution in [3.8, 4) is 5.75 Å². The topological polar surface area (TPSA) is 67.0 Å². The molecule has 0 aliphatic rings. The number of aryl methyl sites for hydroxylation is 2. The number of carbonyl (C=O) groups excluding carboxylic acids is 1. The monoisotopic (exact) mass is 309 g/mol. The predicted molar refractivity (Wildman–Crippen MR) is 90.9 cm³/mol. The number of aromatic nitrogens is 2. The molecule has 2 aromatic carbocycles. The Balaban J connectivity index is 1.75. The fourth-order valence-electron chi connectivity index (χ4n) is 2.65. The van der Waals surface area contributed by atoms with Crippen molar-refractivity contribution in [2.75, 3.05) is 12.4 Å². The zero-order valence-electron chi connectivity index (χ0n) is 13.4. The van der Waals surface area contributed by atoms with Crippen molar-refractivity contribution in [3.63, 3.8) is 0 Å². The number of nitrogens with zero attached hydrogens (tertiary/aromatic N) is 1. The molecule has 0 saturated carbocycles. The predicted octanol–water partition coefficient (Wildman–Crippen LogP) is 3.37. The van der Waals surface area contributed by atoms with E-state index in [-0.39, 0.29) is 5.91 Å². The van der Waals surface area contributed by atoms with E-state index in [1.165, 1.54) is 0 Å². The maximum Gasteiger partial charge on any atom is 0.228 e. The summed E-state index contributed by atoms with van der Waals surface area (Å²) >= 11 is 0. The largest absolute Gasteiger partial charge is 0.496 e. The summed E-state index contributed by atoms with van der Waals surface area (Å²) in [5, 5.41) is 10.8. The Labute approximate surface area is 134 Å². The minimum absolute atomic E-state index is 0.0449. The van der Waals surface area contributed by atoms with Crippen molar-refractivity contribution < 1.29 is 9.53 Å². The van der Waals surface area contributed by atoms with Crippen LogP contribution in [-0.4, -0.2) is 23.2 Å². The summed E-state index contributed by atoms with van der Waals surface area (Å²) in [5.74, 6) is 0.799. The number of benzene rings is 2. The fourth-order valence-corrected chi connectivity index (χ4v) is 2.65. The minimum atomic E-state index is -0.0449. The summed E-state index contributed by atoms with van der Waals surface area (Å²) in [6, 6.07) is 9.66. The number of hydrogen-bond donors (Lipinski definition) is 2. The molecule has 2 N–H and O–H groups in total. The number of H-pyrrole nitrogens is 1. The average molecular weight is 309 g/mol. The van der Waals surface area contributed by atoms with Crippen LogP contribution in [0.3, 0.4) is 0 Å². The van der Waals surface area contributed by atoms with E-state index < -0.39 is 0 Å². The first-order valence-corrected chi connectivity index (χ1v) is 7.44. The molecule has 1 amide bonds. The van der Waals surface area contributed by atoms with Crippen molar-refractivity contribution in [2.45, 2.75) is 20.3 Å². The van der Waals surface area contributed by atoms with Gasteiger partial charge < -0.3 is 10.1 Å². The molecule has 0 saturated heterocycles. The van der Waals surface area contributed by atoms with E-state index in [0.29, 0.717) is 6.42 Å². The van der Waals surface area contributed by atoms with Gasteiger partial charge in [0.05, 0.1) is 25.2 Å². The molecule has 0 radical (unpaired) electrons. The van der Waals surface area contributed by atoms with E-state index in [4.69, 9.17) is 4.74 Å². The van der Waals surface area contributed by atoms with Crippen LogP contribution in [0.1, 0.15) is 16.7 Å². The second kappa shape index (κ2) is 6.12. The minimum Gasteiger partial charge on any atom is -0.496 e. The Hall–Kier alpha value is -2.82. The maximum atomic E-state index is 12.3. The standard InChI is InChI=1S/C18H19N3O2/c1-11-7-17(23-3)12(2)6-14(11)8-18(22)20-15-5-4-13-10-19-21-16(13)9-15/h4-7,9-10H,8H2,1-3H3,(H,19,21)(H,20,22). The molecular weight excluding hydrogens is 290 g/mol. The molecule has 0 aliphatic carbocycles. The van der Waals surface area contributed by atoms with Crippen LogP contribution in [-0.2, 0) is 11.2 Å². The van der Waals surface area contributed by atoms with Gasteiger partial charge in [0.25, 0.3) is 0 Å². The SMILES string of the molecule is COc1cc(C)c(CC(=O)Nc2ccc3cn[nH]c3c2)cc1C. The molecule has 3 aromatic rings. The van der Waals surface area contributed by atoms with Crippen LogP contribution in [0, 0.1) is 13.8 Å². The lowest BCUT2D eigenvalue weighted by molar-refractivity contribution is -0.115. The molecule has 0 spiro atoms. The van der Waals surface area contributed by atoms with Crippen molar-refractivity contribution in [1.82, 2.24) is 10.2 Å². The highest BCUT2D eigenvalue weighted by Gasteiger charge is 2.10. The number of carbonyl (C=O) groups is 1. The van der Waals surface area contributed by atoms with Crippen molar-refractivity contribution >= 4 is 22.5 Å². The summed E-state index contributed by atoms with van der Waals surface area (Å²) in [6.45, 7) is 3.97. The second-order valence-corrected chi connectivity index (χ2v) is 5.65. The van der Waals surface area contributed by atoms with E-state index in [9.17, 15) is 4.79 Å². The van der Waals surface area contributed by atoms with Gasteiger partial charge in [-0.2, -0.15) is 5.10 Å². The first-order valence-electron chi connectivity index (χ1n) is 7.44. The molecule has 23 heavy (non-hydrogen) atoms. The number of ether oxygens (including phenoxy) is 1. The lowest BCUT2D eigenvalue weighted by atomic mass is 10.0. The van der Waals surface area contributed by atoms with Gasteiger partial charge in [0.1, 0.15) is 5.75 Å². The number of nitrogens with one attached hydrogen (secondary N) is 2. The van der Waals surface area contributed by atoms with Crippen LogP contribution in [0.25, 0.3) is 10.9 Å². The van der Waals surface area contributed by atoms with E-state index in [1.54, 1.807) is 13.3 Å². The lowest BCUT2D eigenvalue weighted by Gasteiger charge is -2.11.